The van der Waals surface area contributed by atoms with Crippen LogP contribution in [-0.4, -0.2) is 22.1 Å². The van der Waals surface area contributed by atoms with Gasteiger partial charge in [0.25, 0.3) is 5.91 Å². The molecule has 0 atom stereocenters. The monoisotopic (exact) mass is 347 g/mol. The molecule has 3 N–H and O–H groups in total. The average molecular weight is 348 g/mol. The fourth-order valence-electron chi connectivity index (χ4n) is 2.13. The number of hydrogen-bond donors (Lipinski definition) is 3. The third-order valence-electron chi connectivity index (χ3n) is 3.57. The van der Waals surface area contributed by atoms with Crippen LogP contribution in [-0.2, 0) is 5.41 Å². The summed E-state index contributed by atoms with van der Waals surface area (Å²) in [5.41, 5.74) is 0.961. The highest BCUT2D eigenvalue weighted by atomic mass is 35.5. The second kappa shape index (κ2) is 6.53. The molecule has 126 valence electrons. The van der Waals surface area contributed by atoms with E-state index in [4.69, 9.17) is 16.7 Å². The van der Waals surface area contributed by atoms with Gasteiger partial charge in [0.1, 0.15) is 5.75 Å². The first-order valence-electron chi connectivity index (χ1n) is 7.27. The number of aromatic carboxylic acids is 1. The van der Waals surface area contributed by atoms with Crippen LogP contribution in [0.5, 0.6) is 5.75 Å². The minimum absolute atomic E-state index is 0.00219. The van der Waals surface area contributed by atoms with Crippen molar-refractivity contribution in [1.82, 2.24) is 0 Å². The molecule has 2 rings (SSSR count). The van der Waals surface area contributed by atoms with Crippen molar-refractivity contribution in [3.8, 4) is 5.75 Å². The van der Waals surface area contributed by atoms with Gasteiger partial charge < -0.3 is 15.5 Å². The lowest BCUT2D eigenvalue weighted by Gasteiger charge is -2.20. The number of carbonyl (C=O) groups is 2. The number of aromatic hydroxyl groups is 1. The number of halogens is 1. The fourth-order valence-corrected chi connectivity index (χ4v) is 2.29. The molecule has 0 spiro atoms. The minimum atomic E-state index is -1.13. The summed E-state index contributed by atoms with van der Waals surface area (Å²) < 4.78 is 0. The van der Waals surface area contributed by atoms with Gasteiger partial charge in [-0.15, -0.1) is 0 Å². The molecule has 0 unspecified atom stereocenters. The second-order valence-corrected chi connectivity index (χ2v) is 6.84. The number of carboxylic acids is 1. The summed E-state index contributed by atoms with van der Waals surface area (Å²) in [5, 5.41) is 21.8. The van der Waals surface area contributed by atoms with Crippen molar-refractivity contribution in [2.45, 2.75) is 26.2 Å². The molecule has 0 aliphatic rings. The van der Waals surface area contributed by atoms with Gasteiger partial charge in [-0.2, -0.15) is 0 Å². The van der Waals surface area contributed by atoms with E-state index in [-0.39, 0.29) is 33.0 Å². The highest BCUT2D eigenvalue weighted by Gasteiger charge is 2.19. The van der Waals surface area contributed by atoms with Crippen molar-refractivity contribution < 1.29 is 19.8 Å². The number of carboxylic acid groups (broad SMARTS) is 1. The molecule has 0 aliphatic heterocycles. The summed E-state index contributed by atoms with van der Waals surface area (Å²) in [6.45, 7) is 5.98. The Morgan fingerprint density at radius 3 is 2.33 bits per heavy atom. The number of anilines is 1. The van der Waals surface area contributed by atoms with E-state index < -0.39 is 11.9 Å². The van der Waals surface area contributed by atoms with Crippen molar-refractivity contribution >= 4 is 29.2 Å². The van der Waals surface area contributed by atoms with Crippen LogP contribution < -0.4 is 5.32 Å². The fraction of sp³-hybridized carbons (Fsp3) is 0.222. The van der Waals surface area contributed by atoms with Gasteiger partial charge in [-0.1, -0.05) is 38.4 Å². The van der Waals surface area contributed by atoms with E-state index in [2.05, 4.69) is 5.32 Å². The molecule has 1 amide bonds. The molecule has 0 aromatic heterocycles. The number of benzene rings is 2. The molecule has 2 aromatic carbocycles. The number of nitrogens with one attached hydrogen (secondary N) is 1. The Bertz CT molecular complexity index is 809. The van der Waals surface area contributed by atoms with Crippen molar-refractivity contribution in [1.29, 1.82) is 0 Å². The first-order chi connectivity index (χ1) is 11.1. The Morgan fingerprint density at radius 2 is 1.75 bits per heavy atom. The number of amides is 1. The molecular formula is C18H18ClNO4. The van der Waals surface area contributed by atoms with Gasteiger partial charge in [-0.05, 0) is 41.3 Å². The predicted molar refractivity (Wildman–Crippen MR) is 93.2 cm³/mol. The number of hydrogen-bond acceptors (Lipinski definition) is 3. The Morgan fingerprint density at radius 1 is 1.08 bits per heavy atom. The highest BCUT2D eigenvalue weighted by molar-refractivity contribution is 6.34. The lowest BCUT2D eigenvalue weighted by Crippen LogP contribution is -2.16. The standard InChI is InChI=1S/C18H18ClNO4/c1-18(2,3)11-5-7-15(21)12(9-11)16(22)20-14-8-10(17(23)24)4-6-13(14)19/h4-9,21H,1-3H3,(H,20,22)(H,23,24). The van der Waals surface area contributed by atoms with Crippen LogP contribution in [0.2, 0.25) is 5.02 Å². The maximum absolute atomic E-state index is 12.5. The van der Waals surface area contributed by atoms with Crippen LogP contribution in [0.1, 0.15) is 47.1 Å². The predicted octanol–water partition coefficient (Wildman–Crippen LogP) is 4.29. The molecule has 0 radical (unpaired) electrons. The minimum Gasteiger partial charge on any atom is -0.507 e. The molecule has 0 bridgehead atoms. The van der Waals surface area contributed by atoms with E-state index in [0.29, 0.717) is 0 Å². The molecule has 2 aromatic rings. The van der Waals surface area contributed by atoms with Gasteiger partial charge in [0, 0.05) is 0 Å². The number of phenols is 1. The van der Waals surface area contributed by atoms with Crippen molar-refractivity contribution in [2.75, 3.05) is 5.32 Å². The molecule has 24 heavy (non-hydrogen) atoms. The van der Waals surface area contributed by atoms with Crippen molar-refractivity contribution in [3.63, 3.8) is 0 Å². The van der Waals surface area contributed by atoms with Crippen molar-refractivity contribution in [3.05, 3.63) is 58.1 Å². The molecule has 0 saturated carbocycles. The molecule has 0 heterocycles. The summed E-state index contributed by atoms with van der Waals surface area (Å²) in [4.78, 5) is 23.5. The Hall–Kier alpha value is -2.53. The SMILES string of the molecule is CC(C)(C)c1ccc(O)c(C(=O)Nc2cc(C(=O)O)ccc2Cl)c1. The Balaban J connectivity index is 2.37. The zero-order valence-corrected chi connectivity index (χ0v) is 14.3. The summed E-state index contributed by atoms with van der Waals surface area (Å²) in [7, 11) is 0. The Labute approximate surface area is 144 Å². The summed E-state index contributed by atoms with van der Waals surface area (Å²) in [6, 6.07) is 8.84. The van der Waals surface area contributed by atoms with E-state index in [0.717, 1.165) is 5.56 Å². The molecule has 6 heteroatoms. The van der Waals surface area contributed by atoms with E-state index in [1.54, 1.807) is 12.1 Å². The molecule has 0 fully saturated rings. The van der Waals surface area contributed by atoms with E-state index in [9.17, 15) is 14.7 Å². The van der Waals surface area contributed by atoms with Crippen LogP contribution in [0, 0.1) is 0 Å². The number of carbonyl (C=O) groups excluding carboxylic acids is 1. The number of rotatable bonds is 3. The summed E-state index contributed by atoms with van der Waals surface area (Å²) >= 11 is 6.01. The van der Waals surface area contributed by atoms with Gasteiger partial charge >= 0.3 is 5.97 Å². The second-order valence-electron chi connectivity index (χ2n) is 6.44. The third-order valence-corrected chi connectivity index (χ3v) is 3.90. The van der Waals surface area contributed by atoms with Crippen LogP contribution in [0.4, 0.5) is 5.69 Å². The van der Waals surface area contributed by atoms with Crippen LogP contribution >= 0.6 is 11.6 Å². The van der Waals surface area contributed by atoms with Crippen molar-refractivity contribution in [2.24, 2.45) is 0 Å². The lowest BCUT2D eigenvalue weighted by atomic mass is 9.86. The average Bonchev–Trinajstić information content (AvgIpc) is 2.48. The van der Waals surface area contributed by atoms with Crippen LogP contribution in [0.15, 0.2) is 36.4 Å². The first kappa shape index (κ1) is 17.8. The van der Waals surface area contributed by atoms with Gasteiger partial charge in [0.2, 0.25) is 0 Å². The smallest absolute Gasteiger partial charge is 0.335 e. The lowest BCUT2D eigenvalue weighted by molar-refractivity contribution is 0.0696. The quantitative estimate of drug-likeness (QED) is 0.772. The summed E-state index contributed by atoms with van der Waals surface area (Å²) in [6.07, 6.45) is 0. The summed E-state index contributed by atoms with van der Waals surface area (Å²) in [5.74, 6) is -1.85. The highest BCUT2D eigenvalue weighted by Crippen LogP contribution is 2.29. The number of phenolic OH excluding ortho intramolecular Hbond substituents is 1. The zero-order chi connectivity index (χ0) is 18.1. The van der Waals surface area contributed by atoms with Crippen LogP contribution in [0.3, 0.4) is 0 Å². The van der Waals surface area contributed by atoms with E-state index in [1.807, 2.05) is 20.8 Å². The third kappa shape index (κ3) is 3.86. The topological polar surface area (TPSA) is 86.6 Å². The van der Waals surface area contributed by atoms with Crippen LogP contribution in [0.25, 0.3) is 0 Å². The first-order valence-corrected chi connectivity index (χ1v) is 7.65. The molecular weight excluding hydrogens is 330 g/mol. The van der Waals surface area contributed by atoms with Gasteiger partial charge in [-0.3, -0.25) is 4.79 Å². The Kier molecular flexibility index (Phi) is 4.85. The van der Waals surface area contributed by atoms with Gasteiger partial charge in [0.05, 0.1) is 21.8 Å². The molecule has 0 saturated heterocycles. The van der Waals surface area contributed by atoms with Gasteiger partial charge in [0.15, 0.2) is 0 Å². The van der Waals surface area contributed by atoms with E-state index in [1.165, 1.54) is 24.3 Å². The maximum atomic E-state index is 12.5. The zero-order valence-electron chi connectivity index (χ0n) is 13.6. The molecule has 5 nitrogen and oxygen atoms in total. The van der Waals surface area contributed by atoms with E-state index >= 15 is 0 Å². The largest absolute Gasteiger partial charge is 0.507 e. The maximum Gasteiger partial charge on any atom is 0.335 e. The normalized spacial score (nSPS) is 11.2. The molecule has 0 aliphatic carbocycles. The van der Waals surface area contributed by atoms with Gasteiger partial charge in [-0.25, -0.2) is 4.79 Å².